The summed E-state index contributed by atoms with van der Waals surface area (Å²) in [6.45, 7) is 9.71. The zero-order valence-electron chi connectivity index (χ0n) is 18.2. The number of likely N-dealkylation sites (tertiary alicyclic amines) is 1. The average molecular weight is 397 g/mol. The highest BCUT2D eigenvalue weighted by molar-refractivity contribution is 6.09. The summed E-state index contributed by atoms with van der Waals surface area (Å²) in [4.78, 5) is 30.1. The Hall–Kier alpha value is -2.63. The number of carbonyl (C=O) groups excluding carboxylic acids is 2. The zero-order valence-corrected chi connectivity index (χ0v) is 18.2. The topological polar surface area (TPSA) is 58.4 Å². The lowest BCUT2D eigenvalue weighted by atomic mass is 9.89. The highest BCUT2D eigenvalue weighted by Gasteiger charge is 2.31. The predicted octanol–water partition coefficient (Wildman–Crippen LogP) is 3.69. The van der Waals surface area contributed by atoms with Crippen LogP contribution >= 0.6 is 0 Å². The number of hydrogen-bond acceptors (Lipinski definition) is 3. The number of rotatable bonds is 4. The Bertz CT molecular complexity index is 889. The van der Waals surface area contributed by atoms with Gasteiger partial charge in [-0.2, -0.15) is 5.10 Å². The Labute approximate surface area is 173 Å². The van der Waals surface area contributed by atoms with Gasteiger partial charge in [0.05, 0.1) is 11.3 Å². The van der Waals surface area contributed by atoms with Crippen LogP contribution in [0.2, 0.25) is 0 Å². The third-order valence-corrected chi connectivity index (χ3v) is 5.33. The minimum absolute atomic E-state index is 0.000699. The van der Waals surface area contributed by atoms with Crippen LogP contribution < -0.4 is 4.90 Å². The van der Waals surface area contributed by atoms with Crippen molar-refractivity contribution in [3.8, 4) is 0 Å². The van der Waals surface area contributed by atoms with Crippen molar-refractivity contribution >= 4 is 17.5 Å². The van der Waals surface area contributed by atoms with E-state index in [1.807, 2.05) is 63.9 Å². The van der Waals surface area contributed by atoms with Gasteiger partial charge in [-0.3, -0.25) is 19.2 Å². The molecule has 6 nitrogen and oxygen atoms in total. The number of aromatic nitrogens is 2. The van der Waals surface area contributed by atoms with E-state index in [-0.39, 0.29) is 23.8 Å². The first-order chi connectivity index (χ1) is 13.7. The van der Waals surface area contributed by atoms with Crippen molar-refractivity contribution in [2.24, 2.45) is 7.05 Å². The Balaban J connectivity index is 1.97. The molecule has 0 atom stereocenters. The molecular formula is C23H32N4O2. The maximum atomic E-state index is 13.7. The number of hydrogen-bond donors (Lipinski definition) is 0. The van der Waals surface area contributed by atoms with E-state index in [4.69, 9.17) is 0 Å². The van der Waals surface area contributed by atoms with E-state index in [0.29, 0.717) is 5.56 Å². The molecule has 1 aromatic heterocycles. The molecule has 29 heavy (non-hydrogen) atoms. The van der Waals surface area contributed by atoms with Crippen LogP contribution in [0.4, 0.5) is 5.69 Å². The Morgan fingerprint density at radius 1 is 1.14 bits per heavy atom. The normalized spacial score (nSPS) is 14.7. The van der Waals surface area contributed by atoms with E-state index in [0.717, 1.165) is 49.3 Å². The van der Waals surface area contributed by atoms with Crippen LogP contribution in [0.1, 0.15) is 61.6 Å². The molecule has 1 aromatic carbocycles. The first kappa shape index (κ1) is 21.1. The van der Waals surface area contributed by atoms with Crippen molar-refractivity contribution in [2.75, 3.05) is 24.5 Å². The molecule has 0 spiro atoms. The van der Waals surface area contributed by atoms with Crippen LogP contribution in [0.5, 0.6) is 0 Å². The van der Waals surface area contributed by atoms with E-state index in [1.54, 1.807) is 15.8 Å². The SMILES string of the molecule is Cc1cccc(N(CC(=O)N2CCCCC2)C(=O)c2cn(C)nc2C(C)(C)C)c1. The molecule has 2 aromatic rings. The summed E-state index contributed by atoms with van der Waals surface area (Å²) in [7, 11) is 1.82. The summed E-state index contributed by atoms with van der Waals surface area (Å²) < 4.78 is 1.68. The number of piperidine rings is 1. The molecule has 0 bridgehead atoms. The van der Waals surface area contributed by atoms with E-state index < -0.39 is 0 Å². The number of amides is 2. The largest absolute Gasteiger partial charge is 0.341 e. The zero-order chi connectivity index (χ0) is 21.2. The van der Waals surface area contributed by atoms with Gasteiger partial charge in [-0.25, -0.2) is 0 Å². The summed E-state index contributed by atoms with van der Waals surface area (Å²) in [5.41, 5.74) is 2.81. The maximum absolute atomic E-state index is 13.7. The van der Waals surface area contributed by atoms with Crippen molar-refractivity contribution in [3.63, 3.8) is 0 Å². The van der Waals surface area contributed by atoms with Gasteiger partial charge in [-0.05, 0) is 43.9 Å². The molecule has 1 fully saturated rings. The molecule has 0 aliphatic carbocycles. The molecule has 2 amide bonds. The standard InChI is InChI=1S/C23H32N4O2/c1-17-10-9-11-18(14-17)27(16-20(28)26-12-7-6-8-13-26)22(29)19-15-25(5)24-21(19)23(2,3)4/h9-11,14-15H,6-8,12-13,16H2,1-5H3. The van der Waals surface area contributed by atoms with E-state index in [1.165, 1.54) is 0 Å². The minimum Gasteiger partial charge on any atom is -0.341 e. The lowest BCUT2D eigenvalue weighted by Crippen LogP contribution is -2.45. The highest BCUT2D eigenvalue weighted by Crippen LogP contribution is 2.27. The van der Waals surface area contributed by atoms with Gasteiger partial charge in [0.15, 0.2) is 0 Å². The fourth-order valence-corrected chi connectivity index (χ4v) is 3.80. The van der Waals surface area contributed by atoms with Gasteiger partial charge in [0.1, 0.15) is 6.54 Å². The molecule has 0 radical (unpaired) electrons. The third-order valence-electron chi connectivity index (χ3n) is 5.33. The second-order valence-electron chi connectivity index (χ2n) is 8.99. The Kier molecular flexibility index (Phi) is 6.10. The van der Waals surface area contributed by atoms with Crippen LogP contribution in [0.25, 0.3) is 0 Å². The Morgan fingerprint density at radius 3 is 2.45 bits per heavy atom. The van der Waals surface area contributed by atoms with Crippen LogP contribution in [0.3, 0.4) is 0 Å². The summed E-state index contributed by atoms with van der Waals surface area (Å²) >= 11 is 0. The molecule has 2 heterocycles. The number of aryl methyl sites for hydroxylation is 2. The quantitative estimate of drug-likeness (QED) is 0.792. The van der Waals surface area contributed by atoms with Crippen molar-refractivity contribution in [2.45, 2.75) is 52.4 Å². The summed E-state index contributed by atoms with van der Waals surface area (Å²) in [5, 5.41) is 4.54. The predicted molar refractivity (Wildman–Crippen MR) is 115 cm³/mol. The lowest BCUT2D eigenvalue weighted by Gasteiger charge is -2.30. The third kappa shape index (κ3) is 4.86. The second-order valence-corrected chi connectivity index (χ2v) is 8.99. The van der Waals surface area contributed by atoms with Crippen molar-refractivity contribution < 1.29 is 9.59 Å². The molecule has 156 valence electrons. The summed E-state index contributed by atoms with van der Waals surface area (Å²) in [6.07, 6.45) is 4.98. The van der Waals surface area contributed by atoms with Gasteiger partial charge >= 0.3 is 0 Å². The van der Waals surface area contributed by atoms with Crippen molar-refractivity contribution in [3.05, 3.63) is 47.3 Å². The first-order valence-electron chi connectivity index (χ1n) is 10.4. The smallest absolute Gasteiger partial charge is 0.262 e. The number of carbonyl (C=O) groups is 2. The van der Waals surface area contributed by atoms with Crippen LogP contribution in [-0.2, 0) is 17.3 Å². The van der Waals surface area contributed by atoms with E-state index in [2.05, 4.69) is 5.10 Å². The van der Waals surface area contributed by atoms with Crippen LogP contribution in [0.15, 0.2) is 30.5 Å². The summed E-state index contributed by atoms with van der Waals surface area (Å²) in [6, 6.07) is 7.75. The number of benzene rings is 1. The molecule has 0 N–H and O–H groups in total. The van der Waals surface area contributed by atoms with Crippen molar-refractivity contribution in [1.29, 1.82) is 0 Å². The van der Waals surface area contributed by atoms with E-state index in [9.17, 15) is 9.59 Å². The minimum atomic E-state index is -0.276. The second kappa shape index (κ2) is 8.39. The van der Waals surface area contributed by atoms with Gasteiger partial charge < -0.3 is 4.90 Å². The highest BCUT2D eigenvalue weighted by atomic mass is 16.2. The molecule has 1 saturated heterocycles. The molecule has 6 heteroatoms. The van der Waals surface area contributed by atoms with E-state index >= 15 is 0 Å². The lowest BCUT2D eigenvalue weighted by molar-refractivity contribution is -0.130. The molecule has 0 saturated carbocycles. The molecule has 1 aliphatic heterocycles. The molecular weight excluding hydrogens is 364 g/mol. The fraction of sp³-hybridized carbons (Fsp3) is 0.522. The average Bonchev–Trinajstić information content (AvgIpc) is 3.08. The van der Waals surface area contributed by atoms with Crippen LogP contribution in [-0.4, -0.2) is 46.1 Å². The number of nitrogens with zero attached hydrogens (tertiary/aromatic N) is 4. The molecule has 0 unspecified atom stereocenters. The van der Waals surface area contributed by atoms with Gasteiger partial charge in [-0.1, -0.05) is 32.9 Å². The van der Waals surface area contributed by atoms with Gasteiger partial charge in [0.25, 0.3) is 5.91 Å². The Morgan fingerprint density at radius 2 is 1.83 bits per heavy atom. The van der Waals surface area contributed by atoms with Crippen LogP contribution in [0, 0.1) is 6.92 Å². The molecule has 1 aliphatic rings. The first-order valence-corrected chi connectivity index (χ1v) is 10.4. The monoisotopic (exact) mass is 396 g/mol. The van der Waals surface area contributed by atoms with Gasteiger partial charge in [-0.15, -0.1) is 0 Å². The van der Waals surface area contributed by atoms with Gasteiger partial charge in [0, 0.05) is 37.4 Å². The number of anilines is 1. The fourth-order valence-electron chi connectivity index (χ4n) is 3.80. The van der Waals surface area contributed by atoms with Crippen molar-refractivity contribution in [1.82, 2.24) is 14.7 Å². The maximum Gasteiger partial charge on any atom is 0.262 e. The summed E-state index contributed by atoms with van der Waals surface area (Å²) in [5.74, 6) is -0.181. The molecule has 3 rings (SSSR count). The van der Waals surface area contributed by atoms with Gasteiger partial charge in [0.2, 0.25) is 5.91 Å².